The molecule has 19 heavy (non-hydrogen) atoms. The molecule has 1 aromatic rings. The number of nitrogens with zero attached hydrogens (tertiary/aromatic N) is 1. The van der Waals surface area contributed by atoms with E-state index < -0.39 is 0 Å². The van der Waals surface area contributed by atoms with Gasteiger partial charge in [0, 0.05) is 25.1 Å². The Bertz CT molecular complexity index is 467. The van der Waals surface area contributed by atoms with E-state index in [0.717, 1.165) is 38.0 Å². The molecule has 1 aliphatic rings. The summed E-state index contributed by atoms with van der Waals surface area (Å²) in [4.78, 5) is 13.7. The highest BCUT2D eigenvalue weighted by Gasteiger charge is 2.16. The van der Waals surface area contributed by atoms with Gasteiger partial charge >= 0.3 is 0 Å². The molecule has 100 valence electrons. The van der Waals surface area contributed by atoms with Crippen LogP contribution < -0.4 is 5.32 Å². The van der Waals surface area contributed by atoms with Gasteiger partial charge in [0.15, 0.2) is 0 Å². The van der Waals surface area contributed by atoms with Gasteiger partial charge in [-0.15, -0.1) is 0 Å². The topological polar surface area (TPSA) is 32.3 Å². The third kappa shape index (κ3) is 4.42. The molecule has 0 aliphatic carbocycles. The molecule has 1 heterocycles. The number of hydrogen-bond donors (Lipinski definition) is 1. The Hall–Kier alpha value is -1.79. The normalized spacial score (nSPS) is 15.4. The molecule has 1 aromatic carbocycles. The van der Waals surface area contributed by atoms with Crippen molar-refractivity contribution in [2.75, 3.05) is 26.7 Å². The van der Waals surface area contributed by atoms with Crippen LogP contribution in [0.15, 0.2) is 30.3 Å². The monoisotopic (exact) mass is 256 g/mol. The van der Waals surface area contributed by atoms with Gasteiger partial charge in [-0.2, -0.15) is 0 Å². The fraction of sp³-hybridized carbons (Fsp3) is 0.438. The Morgan fingerprint density at radius 1 is 1.32 bits per heavy atom. The summed E-state index contributed by atoms with van der Waals surface area (Å²) in [6.07, 6.45) is 2.29. The van der Waals surface area contributed by atoms with Gasteiger partial charge in [-0.05, 0) is 44.0 Å². The lowest BCUT2D eigenvalue weighted by atomic mass is 9.98. The Morgan fingerprint density at radius 3 is 2.68 bits per heavy atom. The first kappa shape index (κ1) is 13.6. The van der Waals surface area contributed by atoms with E-state index in [-0.39, 0.29) is 5.91 Å². The van der Waals surface area contributed by atoms with E-state index >= 15 is 0 Å². The van der Waals surface area contributed by atoms with Crippen LogP contribution >= 0.6 is 0 Å². The fourth-order valence-corrected chi connectivity index (χ4v) is 2.28. The summed E-state index contributed by atoms with van der Waals surface area (Å²) < 4.78 is 0. The van der Waals surface area contributed by atoms with Crippen LogP contribution in [0.4, 0.5) is 0 Å². The first-order valence-corrected chi connectivity index (χ1v) is 6.78. The number of benzene rings is 1. The summed E-state index contributed by atoms with van der Waals surface area (Å²) in [6, 6.07) is 9.61. The molecule has 1 amide bonds. The quantitative estimate of drug-likeness (QED) is 0.813. The summed E-state index contributed by atoms with van der Waals surface area (Å²) in [5.74, 6) is 6.13. The first-order chi connectivity index (χ1) is 9.25. The third-order valence-electron chi connectivity index (χ3n) is 3.43. The lowest BCUT2D eigenvalue weighted by Gasteiger charge is -2.26. The second-order valence-electron chi connectivity index (χ2n) is 5.00. The van der Waals surface area contributed by atoms with Crippen molar-refractivity contribution in [2.45, 2.75) is 12.8 Å². The van der Waals surface area contributed by atoms with E-state index in [1.54, 1.807) is 4.90 Å². The van der Waals surface area contributed by atoms with Gasteiger partial charge in [0.05, 0.1) is 0 Å². The molecule has 0 unspecified atom stereocenters. The molecule has 1 N–H and O–H groups in total. The van der Waals surface area contributed by atoms with E-state index in [9.17, 15) is 4.79 Å². The zero-order valence-electron chi connectivity index (χ0n) is 11.4. The van der Waals surface area contributed by atoms with Gasteiger partial charge in [-0.3, -0.25) is 4.79 Å². The molecule has 0 saturated carbocycles. The standard InChI is InChI=1S/C16H20N2O/c1-18(13-15-9-11-17-12-10-15)16(19)8-7-14-5-3-2-4-6-14/h2-6,15,17H,9-13H2,1H3. The van der Waals surface area contributed by atoms with Crippen molar-refractivity contribution >= 4 is 5.91 Å². The number of nitrogens with one attached hydrogen (secondary N) is 1. The lowest BCUT2D eigenvalue weighted by Crippen LogP contribution is -2.36. The van der Waals surface area contributed by atoms with Gasteiger partial charge in [-0.25, -0.2) is 0 Å². The third-order valence-corrected chi connectivity index (χ3v) is 3.43. The van der Waals surface area contributed by atoms with Gasteiger partial charge < -0.3 is 10.2 Å². The highest BCUT2D eigenvalue weighted by molar-refractivity contribution is 5.93. The van der Waals surface area contributed by atoms with E-state index in [2.05, 4.69) is 17.2 Å². The summed E-state index contributed by atoms with van der Waals surface area (Å²) in [6.45, 7) is 2.93. The maximum absolute atomic E-state index is 11.9. The minimum absolute atomic E-state index is 0.0950. The molecular weight excluding hydrogens is 236 g/mol. The summed E-state index contributed by atoms with van der Waals surface area (Å²) in [5, 5.41) is 3.33. The second kappa shape index (κ2) is 6.96. The van der Waals surface area contributed by atoms with Crippen LogP contribution in [0.2, 0.25) is 0 Å². The van der Waals surface area contributed by atoms with Crippen molar-refractivity contribution < 1.29 is 4.79 Å². The zero-order chi connectivity index (χ0) is 13.5. The lowest BCUT2D eigenvalue weighted by molar-refractivity contribution is -0.124. The van der Waals surface area contributed by atoms with Crippen LogP contribution in [0.1, 0.15) is 18.4 Å². The highest BCUT2D eigenvalue weighted by Crippen LogP contribution is 2.12. The van der Waals surface area contributed by atoms with Gasteiger partial charge in [0.25, 0.3) is 5.91 Å². The van der Waals surface area contributed by atoms with E-state index in [4.69, 9.17) is 0 Å². The van der Waals surface area contributed by atoms with Crippen LogP contribution in [0.5, 0.6) is 0 Å². The van der Waals surface area contributed by atoms with E-state index in [0.29, 0.717) is 5.92 Å². The minimum atomic E-state index is -0.0950. The minimum Gasteiger partial charge on any atom is -0.335 e. The zero-order valence-corrected chi connectivity index (χ0v) is 11.4. The van der Waals surface area contributed by atoms with Crippen LogP contribution in [0.3, 0.4) is 0 Å². The molecule has 3 nitrogen and oxygen atoms in total. The molecule has 0 aromatic heterocycles. The number of hydrogen-bond acceptors (Lipinski definition) is 2. The maximum Gasteiger partial charge on any atom is 0.298 e. The predicted molar refractivity (Wildman–Crippen MR) is 76.6 cm³/mol. The molecule has 3 heteroatoms. The van der Waals surface area contributed by atoms with Crippen molar-refractivity contribution in [3.63, 3.8) is 0 Å². The van der Waals surface area contributed by atoms with E-state index in [1.807, 2.05) is 37.4 Å². The van der Waals surface area contributed by atoms with Crippen LogP contribution in [0, 0.1) is 17.8 Å². The van der Waals surface area contributed by atoms with Crippen LogP contribution in [0.25, 0.3) is 0 Å². The molecule has 1 aliphatic heterocycles. The average molecular weight is 256 g/mol. The Balaban J connectivity index is 1.87. The molecule has 0 spiro atoms. The molecule has 0 bridgehead atoms. The van der Waals surface area contributed by atoms with Gasteiger partial charge in [-0.1, -0.05) is 24.1 Å². The molecule has 1 fully saturated rings. The van der Waals surface area contributed by atoms with Crippen molar-refractivity contribution in [1.29, 1.82) is 0 Å². The largest absolute Gasteiger partial charge is 0.335 e. The fourth-order valence-electron chi connectivity index (χ4n) is 2.28. The van der Waals surface area contributed by atoms with Gasteiger partial charge in [0.2, 0.25) is 0 Å². The Morgan fingerprint density at radius 2 is 2.00 bits per heavy atom. The molecule has 0 atom stereocenters. The number of carbonyl (C=O) groups is 1. The maximum atomic E-state index is 11.9. The molecule has 2 rings (SSSR count). The molecular formula is C16H20N2O. The average Bonchev–Trinajstić information content (AvgIpc) is 2.47. The Labute approximate surface area is 115 Å². The van der Waals surface area contributed by atoms with Gasteiger partial charge in [0.1, 0.15) is 0 Å². The summed E-state index contributed by atoms with van der Waals surface area (Å²) in [7, 11) is 1.84. The second-order valence-corrected chi connectivity index (χ2v) is 5.00. The van der Waals surface area contributed by atoms with Crippen molar-refractivity contribution in [1.82, 2.24) is 10.2 Å². The summed E-state index contributed by atoms with van der Waals surface area (Å²) >= 11 is 0. The smallest absolute Gasteiger partial charge is 0.298 e. The predicted octanol–water partition coefficient (Wildman–Crippen LogP) is 1.50. The number of carbonyl (C=O) groups excluding carboxylic acids is 1. The van der Waals surface area contributed by atoms with Crippen molar-refractivity contribution in [2.24, 2.45) is 5.92 Å². The number of piperidine rings is 1. The Kier molecular flexibility index (Phi) is 5.00. The SMILES string of the molecule is CN(CC1CCNCC1)C(=O)C#Cc1ccccc1. The first-order valence-electron chi connectivity index (χ1n) is 6.78. The highest BCUT2D eigenvalue weighted by atomic mass is 16.2. The number of amides is 1. The number of rotatable bonds is 2. The molecule has 1 saturated heterocycles. The van der Waals surface area contributed by atoms with Crippen LogP contribution in [-0.4, -0.2) is 37.5 Å². The van der Waals surface area contributed by atoms with E-state index in [1.165, 1.54) is 0 Å². The van der Waals surface area contributed by atoms with Crippen molar-refractivity contribution in [3.8, 4) is 11.8 Å². The van der Waals surface area contributed by atoms with Crippen LogP contribution in [-0.2, 0) is 4.79 Å². The summed E-state index contributed by atoms with van der Waals surface area (Å²) in [5.41, 5.74) is 0.881. The van der Waals surface area contributed by atoms with Crippen molar-refractivity contribution in [3.05, 3.63) is 35.9 Å². The molecule has 0 radical (unpaired) electrons.